The van der Waals surface area contributed by atoms with Crippen LogP contribution in [0, 0.1) is 0 Å². The van der Waals surface area contributed by atoms with Gasteiger partial charge in [-0.2, -0.15) is 0 Å². The number of Topliss-reactive ketones (excluding diaryl/α,β-unsaturated/α-hetero) is 1. The molecule has 0 atom stereocenters. The molecule has 11 nitrogen and oxygen atoms in total. The zero-order valence-electron chi connectivity index (χ0n) is 16.8. The minimum absolute atomic E-state index is 0.0189. The fraction of sp³-hybridized carbons (Fsp3) is 0.765. The van der Waals surface area contributed by atoms with Crippen LogP contribution in [0.5, 0.6) is 0 Å². The van der Waals surface area contributed by atoms with Crippen molar-refractivity contribution in [3.63, 3.8) is 0 Å². The van der Waals surface area contributed by atoms with Crippen LogP contribution in [0.2, 0.25) is 0 Å². The lowest BCUT2D eigenvalue weighted by atomic mass is 10.3. The van der Waals surface area contributed by atoms with Crippen LogP contribution in [-0.2, 0) is 19.2 Å². The van der Waals surface area contributed by atoms with E-state index in [-0.39, 0.29) is 32.0 Å². The van der Waals surface area contributed by atoms with Crippen LogP contribution >= 0.6 is 0 Å². The molecule has 3 N–H and O–H groups in total. The molecule has 28 heavy (non-hydrogen) atoms. The number of carboxylic acid groups (broad SMARTS) is 3. The second kappa shape index (κ2) is 14.0. The first-order valence-electron chi connectivity index (χ1n) is 8.96. The van der Waals surface area contributed by atoms with Crippen LogP contribution in [0.4, 0.5) is 0 Å². The van der Waals surface area contributed by atoms with Gasteiger partial charge in [0, 0.05) is 39.3 Å². The molecule has 0 heterocycles. The molecular formula is C17H32N4O7. The van der Waals surface area contributed by atoms with Crippen molar-refractivity contribution in [3.8, 4) is 0 Å². The van der Waals surface area contributed by atoms with E-state index < -0.39 is 17.9 Å². The summed E-state index contributed by atoms with van der Waals surface area (Å²) in [5, 5.41) is 26.9. The van der Waals surface area contributed by atoms with Crippen LogP contribution in [-0.4, -0.2) is 138 Å². The van der Waals surface area contributed by atoms with Crippen molar-refractivity contribution in [3.05, 3.63) is 0 Å². The van der Waals surface area contributed by atoms with Crippen molar-refractivity contribution in [1.29, 1.82) is 0 Å². The smallest absolute Gasteiger partial charge is 0.317 e. The molecule has 0 aliphatic rings. The van der Waals surface area contributed by atoms with Gasteiger partial charge < -0.3 is 15.3 Å². The summed E-state index contributed by atoms with van der Waals surface area (Å²) in [4.78, 5) is 50.7. The minimum atomic E-state index is -1.01. The molecule has 162 valence electrons. The second-order valence-corrected chi connectivity index (χ2v) is 6.91. The molecular weight excluding hydrogens is 372 g/mol. The molecule has 0 aromatic carbocycles. The van der Waals surface area contributed by atoms with Gasteiger partial charge >= 0.3 is 17.9 Å². The Morgan fingerprint density at radius 2 is 0.893 bits per heavy atom. The number of hydrogen-bond acceptors (Lipinski definition) is 8. The Hall–Kier alpha value is -2.08. The van der Waals surface area contributed by atoms with E-state index in [0.29, 0.717) is 39.3 Å². The van der Waals surface area contributed by atoms with Crippen LogP contribution in [0.25, 0.3) is 0 Å². The fourth-order valence-corrected chi connectivity index (χ4v) is 2.60. The van der Waals surface area contributed by atoms with Crippen molar-refractivity contribution >= 4 is 23.7 Å². The van der Waals surface area contributed by atoms with Gasteiger partial charge in [-0.1, -0.05) is 0 Å². The first-order valence-corrected chi connectivity index (χ1v) is 8.96. The van der Waals surface area contributed by atoms with Gasteiger partial charge in [0.25, 0.3) is 0 Å². The van der Waals surface area contributed by atoms with E-state index in [1.807, 2.05) is 0 Å². The van der Waals surface area contributed by atoms with E-state index in [1.54, 1.807) is 33.7 Å². The SMILES string of the molecule is CC(=O)CN(C)CCN(CCN(CCN(C)CC(=O)O)CC(=O)O)CC(=O)O. The lowest BCUT2D eigenvalue weighted by Crippen LogP contribution is -2.44. The lowest BCUT2D eigenvalue weighted by molar-refractivity contribution is -0.140. The molecule has 0 bridgehead atoms. The monoisotopic (exact) mass is 404 g/mol. The van der Waals surface area contributed by atoms with Gasteiger partial charge in [-0.25, -0.2) is 0 Å². The van der Waals surface area contributed by atoms with Gasteiger partial charge in [0.15, 0.2) is 0 Å². The number of carbonyl (C=O) groups is 4. The number of aliphatic carboxylic acids is 3. The predicted molar refractivity (Wildman–Crippen MR) is 101 cm³/mol. The number of ketones is 1. The molecule has 0 rings (SSSR count). The molecule has 0 aliphatic heterocycles. The maximum atomic E-state index is 11.1. The van der Waals surface area contributed by atoms with Gasteiger partial charge in [-0.3, -0.25) is 38.8 Å². The molecule has 0 radical (unpaired) electrons. The molecule has 0 saturated carbocycles. The largest absolute Gasteiger partial charge is 0.480 e. The number of hydrogen-bond donors (Lipinski definition) is 3. The third-order valence-corrected chi connectivity index (χ3v) is 3.94. The fourth-order valence-electron chi connectivity index (χ4n) is 2.60. The van der Waals surface area contributed by atoms with Crippen LogP contribution < -0.4 is 0 Å². The Bertz CT molecular complexity index is 484. The highest BCUT2D eigenvalue weighted by atomic mass is 16.4. The van der Waals surface area contributed by atoms with Gasteiger partial charge in [-0.15, -0.1) is 0 Å². The minimum Gasteiger partial charge on any atom is -0.480 e. The number of carboxylic acids is 3. The first kappa shape index (κ1) is 25.9. The number of carbonyl (C=O) groups excluding carboxylic acids is 1. The highest BCUT2D eigenvalue weighted by Gasteiger charge is 2.16. The second-order valence-electron chi connectivity index (χ2n) is 6.91. The van der Waals surface area contributed by atoms with Gasteiger partial charge in [0.05, 0.1) is 26.2 Å². The summed E-state index contributed by atoms with van der Waals surface area (Å²) >= 11 is 0. The third-order valence-electron chi connectivity index (χ3n) is 3.94. The van der Waals surface area contributed by atoms with Crippen molar-refractivity contribution in [2.24, 2.45) is 0 Å². The lowest BCUT2D eigenvalue weighted by Gasteiger charge is -2.28. The number of rotatable bonds is 17. The van der Waals surface area contributed by atoms with E-state index in [1.165, 1.54) is 6.92 Å². The average Bonchev–Trinajstić information content (AvgIpc) is 2.52. The first-order chi connectivity index (χ1) is 13.0. The van der Waals surface area contributed by atoms with Crippen LogP contribution in [0.15, 0.2) is 0 Å². The van der Waals surface area contributed by atoms with Gasteiger partial charge in [0.2, 0.25) is 0 Å². The Labute approximate surface area is 165 Å². The Balaban J connectivity index is 4.67. The summed E-state index contributed by atoms with van der Waals surface area (Å²) in [6.07, 6.45) is 0. The van der Waals surface area contributed by atoms with Crippen LogP contribution in [0.3, 0.4) is 0 Å². The van der Waals surface area contributed by atoms with Crippen molar-refractivity contribution in [2.75, 3.05) is 79.5 Å². The predicted octanol–water partition coefficient (Wildman–Crippen LogP) is -1.70. The number of likely N-dealkylation sites (N-methyl/N-ethyl adjacent to an activating group) is 2. The van der Waals surface area contributed by atoms with Crippen molar-refractivity contribution in [2.45, 2.75) is 6.92 Å². The normalized spacial score (nSPS) is 11.5. The van der Waals surface area contributed by atoms with Crippen molar-refractivity contribution in [1.82, 2.24) is 19.6 Å². The highest BCUT2D eigenvalue weighted by molar-refractivity contribution is 5.77. The zero-order valence-corrected chi connectivity index (χ0v) is 16.8. The summed E-state index contributed by atoms with van der Waals surface area (Å²) < 4.78 is 0. The molecule has 11 heteroatoms. The molecule has 0 saturated heterocycles. The molecule has 0 aromatic rings. The molecule has 0 aromatic heterocycles. The van der Waals surface area contributed by atoms with E-state index in [4.69, 9.17) is 15.3 Å². The van der Waals surface area contributed by atoms with E-state index in [2.05, 4.69) is 0 Å². The highest BCUT2D eigenvalue weighted by Crippen LogP contribution is 1.97. The van der Waals surface area contributed by atoms with E-state index in [9.17, 15) is 19.2 Å². The maximum absolute atomic E-state index is 11.1. The van der Waals surface area contributed by atoms with Gasteiger partial charge in [0.1, 0.15) is 5.78 Å². The Morgan fingerprint density at radius 1 is 0.571 bits per heavy atom. The van der Waals surface area contributed by atoms with Gasteiger partial charge in [-0.05, 0) is 21.0 Å². The van der Waals surface area contributed by atoms with Crippen molar-refractivity contribution < 1.29 is 34.5 Å². The quantitative estimate of drug-likeness (QED) is 0.255. The maximum Gasteiger partial charge on any atom is 0.317 e. The zero-order chi connectivity index (χ0) is 21.7. The average molecular weight is 404 g/mol. The summed E-state index contributed by atoms with van der Waals surface area (Å²) in [6.45, 7) is 3.55. The molecule has 0 aliphatic carbocycles. The topological polar surface area (TPSA) is 142 Å². The summed E-state index contributed by atoms with van der Waals surface area (Å²) in [7, 11) is 3.41. The summed E-state index contributed by atoms with van der Waals surface area (Å²) in [5.41, 5.74) is 0. The standard InChI is InChI=1S/C17H32N4O7/c1-14(22)10-18(2)4-6-20(12-16(25)26)8-9-21(13-17(27)28)7-5-19(3)11-15(23)24/h4-13H2,1-3H3,(H,23,24)(H,25,26)(H,27,28). The third kappa shape index (κ3) is 15.0. The van der Waals surface area contributed by atoms with E-state index in [0.717, 1.165) is 0 Å². The number of nitrogens with zero attached hydrogens (tertiary/aromatic N) is 4. The summed E-state index contributed by atoms with van der Waals surface area (Å²) in [5.74, 6) is -2.94. The van der Waals surface area contributed by atoms with E-state index >= 15 is 0 Å². The molecule has 0 fully saturated rings. The Kier molecular flexibility index (Phi) is 13.0. The molecule has 0 unspecified atom stereocenters. The van der Waals surface area contributed by atoms with Crippen LogP contribution in [0.1, 0.15) is 6.92 Å². The molecule has 0 amide bonds. The summed E-state index contributed by atoms with van der Waals surface area (Å²) in [6, 6.07) is 0. The Morgan fingerprint density at radius 3 is 1.21 bits per heavy atom. The molecule has 0 spiro atoms.